The Kier molecular flexibility index (Phi) is 5.29. The topological polar surface area (TPSA) is 44.5 Å². The molecular weight excluding hydrogens is 214 g/mol. The maximum Gasteiger partial charge on any atom is 0.161 e. The van der Waals surface area contributed by atoms with E-state index in [0.29, 0.717) is 0 Å². The molecule has 0 saturated carbocycles. The molecular formula is C14H23NO2. The average molecular weight is 237 g/mol. The molecule has 0 spiro atoms. The number of methoxy groups -OCH3 is 1. The minimum Gasteiger partial charge on any atom is -0.493 e. The normalized spacial score (nSPS) is 14.2. The van der Waals surface area contributed by atoms with E-state index in [1.807, 2.05) is 25.1 Å². The van der Waals surface area contributed by atoms with Gasteiger partial charge in [-0.1, -0.05) is 19.4 Å². The van der Waals surface area contributed by atoms with Crippen molar-refractivity contribution in [2.24, 2.45) is 5.73 Å². The number of ether oxygens (including phenoxy) is 2. The summed E-state index contributed by atoms with van der Waals surface area (Å²) in [5.74, 6) is 1.54. The Morgan fingerprint density at radius 3 is 2.47 bits per heavy atom. The molecule has 3 nitrogen and oxygen atoms in total. The van der Waals surface area contributed by atoms with Crippen molar-refractivity contribution in [1.82, 2.24) is 0 Å². The van der Waals surface area contributed by atoms with Crippen LogP contribution in [0.4, 0.5) is 0 Å². The van der Waals surface area contributed by atoms with Crippen LogP contribution in [0.3, 0.4) is 0 Å². The number of hydrogen-bond donors (Lipinski definition) is 1. The van der Waals surface area contributed by atoms with Crippen LogP contribution in [0, 0.1) is 0 Å². The third-order valence-corrected chi connectivity index (χ3v) is 2.74. The van der Waals surface area contributed by atoms with Crippen molar-refractivity contribution >= 4 is 0 Å². The minimum atomic E-state index is 0.00557. The molecule has 2 unspecified atom stereocenters. The first-order valence-corrected chi connectivity index (χ1v) is 6.18. The highest BCUT2D eigenvalue weighted by molar-refractivity contribution is 5.43. The van der Waals surface area contributed by atoms with E-state index in [0.717, 1.165) is 29.9 Å². The molecule has 0 aliphatic carbocycles. The Morgan fingerprint density at radius 2 is 1.94 bits per heavy atom. The lowest BCUT2D eigenvalue weighted by atomic mass is 10.1. The summed E-state index contributed by atoms with van der Waals surface area (Å²) in [4.78, 5) is 0. The molecule has 1 aromatic rings. The zero-order chi connectivity index (χ0) is 12.8. The first kappa shape index (κ1) is 13.8. The number of hydrogen-bond acceptors (Lipinski definition) is 3. The first-order valence-electron chi connectivity index (χ1n) is 6.18. The van der Waals surface area contributed by atoms with Crippen molar-refractivity contribution < 1.29 is 9.47 Å². The number of benzene rings is 1. The Labute approximate surface area is 104 Å². The van der Waals surface area contributed by atoms with Gasteiger partial charge in [0.25, 0.3) is 0 Å². The molecule has 1 rings (SSSR count). The van der Waals surface area contributed by atoms with Gasteiger partial charge >= 0.3 is 0 Å². The van der Waals surface area contributed by atoms with Crippen molar-refractivity contribution in [2.45, 2.75) is 45.8 Å². The van der Waals surface area contributed by atoms with Gasteiger partial charge in [0, 0.05) is 6.04 Å². The second kappa shape index (κ2) is 6.50. The molecule has 0 aromatic heterocycles. The van der Waals surface area contributed by atoms with Gasteiger partial charge < -0.3 is 15.2 Å². The predicted octanol–water partition coefficient (Wildman–Crippen LogP) is 3.28. The largest absolute Gasteiger partial charge is 0.493 e. The van der Waals surface area contributed by atoms with Gasteiger partial charge in [0.2, 0.25) is 0 Å². The summed E-state index contributed by atoms with van der Waals surface area (Å²) < 4.78 is 11.2. The van der Waals surface area contributed by atoms with E-state index in [4.69, 9.17) is 15.2 Å². The SMILES string of the molecule is CCCC(C)Oc1ccc(C(C)N)cc1OC. The number of rotatable bonds is 6. The lowest BCUT2D eigenvalue weighted by Crippen LogP contribution is -2.12. The minimum absolute atomic E-state index is 0.00557. The summed E-state index contributed by atoms with van der Waals surface area (Å²) in [7, 11) is 1.65. The average Bonchev–Trinajstić information content (AvgIpc) is 2.29. The molecule has 0 fully saturated rings. The summed E-state index contributed by atoms with van der Waals surface area (Å²) in [5, 5.41) is 0. The lowest BCUT2D eigenvalue weighted by Gasteiger charge is -2.17. The van der Waals surface area contributed by atoms with E-state index in [9.17, 15) is 0 Å². The molecule has 0 radical (unpaired) electrons. The van der Waals surface area contributed by atoms with Crippen molar-refractivity contribution in [2.75, 3.05) is 7.11 Å². The number of nitrogens with two attached hydrogens (primary N) is 1. The summed E-state index contributed by atoms with van der Waals surface area (Å²) >= 11 is 0. The van der Waals surface area contributed by atoms with E-state index in [2.05, 4.69) is 13.8 Å². The fraction of sp³-hybridized carbons (Fsp3) is 0.571. The Balaban J connectivity index is 2.85. The fourth-order valence-corrected chi connectivity index (χ4v) is 1.75. The second-order valence-electron chi connectivity index (χ2n) is 4.42. The van der Waals surface area contributed by atoms with Crippen LogP contribution >= 0.6 is 0 Å². The Morgan fingerprint density at radius 1 is 1.24 bits per heavy atom. The molecule has 0 aliphatic heterocycles. The molecule has 2 N–H and O–H groups in total. The summed E-state index contributed by atoms with van der Waals surface area (Å²) in [5.41, 5.74) is 6.89. The van der Waals surface area contributed by atoms with Gasteiger partial charge in [-0.2, -0.15) is 0 Å². The van der Waals surface area contributed by atoms with Crippen molar-refractivity contribution in [3.8, 4) is 11.5 Å². The molecule has 0 saturated heterocycles. The molecule has 96 valence electrons. The highest BCUT2D eigenvalue weighted by Crippen LogP contribution is 2.30. The first-order chi connectivity index (χ1) is 8.08. The van der Waals surface area contributed by atoms with Crippen molar-refractivity contribution in [3.63, 3.8) is 0 Å². The smallest absolute Gasteiger partial charge is 0.161 e. The van der Waals surface area contributed by atoms with Gasteiger partial charge in [-0.3, -0.25) is 0 Å². The molecule has 0 bridgehead atoms. The van der Waals surface area contributed by atoms with E-state index in [-0.39, 0.29) is 12.1 Å². The quantitative estimate of drug-likeness (QED) is 0.825. The molecule has 0 aliphatic rings. The zero-order valence-corrected chi connectivity index (χ0v) is 11.2. The Bertz CT molecular complexity index is 350. The van der Waals surface area contributed by atoms with Crippen LogP contribution in [0.5, 0.6) is 11.5 Å². The molecule has 0 heterocycles. The molecule has 0 amide bonds. The summed E-state index contributed by atoms with van der Waals surface area (Å²) in [6, 6.07) is 5.87. The second-order valence-corrected chi connectivity index (χ2v) is 4.42. The standard InChI is InChI=1S/C14H23NO2/c1-5-6-10(2)17-13-8-7-12(11(3)15)9-14(13)16-4/h7-11H,5-6,15H2,1-4H3. The van der Waals surface area contributed by atoms with Crippen LogP contribution in [0.25, 0.3) is 0 Å². The molecule has 17 heavy (non-hydrogen) atoms. The maximum atomic E-state index is 5.85. The van der Waals surface area contributed by atoms with Crippen LogP contribution in [0.15, 0.2) is 18.2 Å². The van der Waals surface area contributed by atoms with Crippen LogP contribution < -0.4 is 15.2 Å². The van der Waals surface area contributed by atoms with E-state index >= 15 is 0 Å². The maximum absolute atomic E-state index is 5.85. The summed E-state index contributed by atoms with van der Waals surface area (Å²) in [6.45, 7) is 6.17. The third-order valence-electron chi connectivity index (χ3n) is 2.74. The Hall–Kier alpha value is -1.22. The van der Waals surface area contributed by atoms with E-state index < -0.39 is 0 Å². The highest BCUT2D eigenvalue weighted by Gasteiger charge is 2.10. The molecule has 2 atom stereocenters. The van der Waals surface area contributed by atoms with E-state index in [1.165, 1.54) is 0 Å². The van der Waals surface area contributed by atoms with Crippen LogP contribution in [0.1, 0.15) is 45.2 Å². The van der Waals surface area contributed by atoms with Gasteiger partial charge in [0.1, 0.15) is 0 Å². The zero-order valence-electron chi connectivity index (χ0n) is 11.2. The van der Waals surface area contributed by atoms with Crippen LogP contribution in [-0.4, -0.2) is 13.2 Å². The van der Waals surface area contributed by atoms with Crippen LogP contribution in [0.2, 0.25) is 0 Å². The summed E-state index contributed by atoms with van der Waals surface area (Å²) in [6.07, 6.45) is 2.36. The predicted molar refractivity (Wildman–Crippen MR) is 70.6 cm³/mol. The van der Waals surface area contributed by atoms with E-state index in [1.54, 1.807) is 7.11 Å². The van der Waals surface area contributed by atoms with Gasteiger partial charge in [-0.05, 0) is 38.0 Å². The molecule has 3 heteroatoms. The van der Waals surface area contributed by atoms with Gasteiger partial charge in [0.15, 0.2) is 11.5 Å². The highest BCUT2D eigenvalue weighted by atomic mass is 16.5. The monoisotopic (exact) mass is 237 g/mol. The fourth-order valence-electron chi connectivity index (χ4n) is 1.75. The van der Waals surface area contributed by atoms with Gasteiger partial charge in [0.05, 0.1) is 13.2 Å². The van der Waals surface area contributed by atoms with Crippen molar-refractivity contribution in [3.05, 3.63) is 23.8 Å². The van der Waals surface area contributed by atoms with Crippen LogP contribution in [-0.2, 0) is 0 Å². The van der Waals surface area contributed by atoms with Gasteiger partial charge in [-0.25, -0.2) is 0 Å². The molecule has 1 aromatic carbocycles. The lowest BCUT2D eigenvalue weighted by molar-refractivity contribution is 0.200. The van der Waals surface area contributed by atoms with Crippen molar-refractivity contribution in [1.29, 1.82) is 0 Å². The third kappa shape index (κ3) is 3.93. The van der Waals surface area contributed by atoms with Gasteiger partial charge in [-0.15, -0.1) is 0 Å².